The molecule has 0 radical (unpaired) electrons. The van der Waals surface area contributed by atoms with Crippen LogP contribution in [-0.4, -0.2) is 29.8 Å². The average Bonchev–Trinajstić information content (AvgIpc) is 2.61. The summed E-state index contributed by atoms with van der Waals surface area (Å²) in [6, 6.07) is 8.76. The van der Waals surface area contributed by atoms with E-state index >= 15 is 0 Å². The highest BCUT2D eigenvalue weighted by Crippen LogP contribution is 2.18. The molecule has 4 heteroatoms. The van der Waals surface area contributed by atoms with E-state index in [1.54, 1.807) is 11.8 Å². The number of carbonyl (C=O) groups is 2. The highest BCUT2D eigenvalue weighted by atomic mass is 16.2. The molecule has 2 amide bonds. The Hall–Kier alpha value is -2.28. The maximum absolute atomic E-state index is 12.5. The molecule has 1 atom stereocenters. The van der Waals surface area contributed by atoms with Crippen LogP contribution < -0.4 is 5.32 Å². The van der Waals surface area contributed by atoms with Crippen LogP contribution in [0.4, 0.5) is 0 Å². The molecule has 1 aliphatic rings. The molecular weight excluding hydrogens is 252 g/mol. The van der Waals surface area contributed by atoms with Crippen molar-refractivity contribution in [2.75, 3.05) is 13.1 Å². The summed E-state index contributed by atoms with van der Waals surface area (Å²) in [6.07, 6.45) is 0.979. The Kier molecular flexibility index (Phi) is 4.78. The molecule has 0 bridgehead atoms. The molecule has 1 unspecified atom stereocenters. The molecule has 1 aliphatic heterocycles. The van der Waals surface area contributed by atoms with Gasteiger partial charge in [0.05, 0.1) is 0 Å². The highest BCUT2D eigenvalue weighted by molar-refractivity contribution is 5.90. The van der Waals surface area contributed by atoms with Gasteiger partial charge in [-0.2, -0.15) is 0 Å². The third kappa shape index (κ3) is 3.39. The van der Waals surface area contributed by atoms with E-state index < -0.39 is 6.04 Å². The minimum Gasteiger partial charge on any atom is -0.340 e. The Labute approximate surface area is 119 Å². The molecule has 1 aromatic carbocycles. The van der Waals surface area contributed by atoms with Crippen LogP contribution in [0.5, 0.6) is 0 Å². The Bertz CT molecular complexity index is 543. The second kappa shape index (κ2) is 6.76. The number of hydrogen-bond donors (Lipinski definition) is 1. The van der Waals surface area contributed by atoms with Crippen molar-refractivity contribution in [1.29, 1.82) is 0 Å². The number of nitrogens with zero attached hydrogens (tertiary/aromatic N) is 1. The number of nitrogens with one attached hydrogen (secondary N) is 1. The molecule has 1 saturated heterocycles. The van der Waals surface area contributed by atoms with E-state index in [9.17, 15) is 9.59 Å². The lowest BCUT2D eigenvalue weighted by atomic mass is 10.1. The van der Waals surface area contributed by atoms with E-state index in [4.69, 9.17) is 0 Å². The number of hydrogen-bond acceptors (Lipinski definition) is 2. The summed E-state index contributed by atoms with van der Waals surface area (Å²) < 4.78 is 0. The summed E-state index contributed by atoms with van der Waals surface area (Å²) in [7, 11) is 0. The second-order valence-corrected chi connectivity index (χ2v) is 4.66. The summed E-state index contributed by atoms with van der Waals surface area (Å²) >= 11 is 0. The van der Waals surface area contributed by atoms with Gasteiger partial charge in [0, 0.05) is 25.9 Å². The predicted molar refractivity (Wildman–Crippen MR) is 76.6 cm³/mol. The molecular formula is C16H18N2O2. The third-order valence-corrected chi connectivity index (χ3v) is 3.29. The quantitative estimate of drug-likeness (QED) is 0.846. The SMILES string of the molecule is CC#CCCN1CCC(=O)NC(c2ccccc2)C1=O. The molecule has 2 rings (SSSR count). The first-order chi connectivity index (χ1) is 9.72. The standard InChI is InChI=1S/C16H18N2O2/c1-2-3-7-11-18-12-10-14(19)17-15(16(18)20)13-8-5-4-6-9-13/h4-6,8-9,15H,7,10-12H2,1H3,(H,17,19). The molecule has 1 N–H and O–H groups in total. The van der Waals surface area contributed by atoms with Gasteiger partial charge in [-0.05, 0) is 12.5 Å². The van der Waals surface area contributed by atoms with Crippen LogP contribution in [0.15, 0.2) is 30.3 Å². The zero-order valence-corrected chi connectivity index (χ0v) is 11.6. The maximum Gasteiger partial charge on any atom is 0.249 e. The van der Waals surface area contributed by atoms with Gasteiger partial charge in [-0.1, -0.05) is 30.3 Å². The van der Waals surface area contributed by atoms with Crippen LogP contribution in [-0.2, 0) is 9.59 Å². The summed E-state index contributed by atoms with van der Waals surface area (Å²) in [4.78, 5) is 26.0. The third-order valence-electron chi connectivity index (χ3n) is 3.29. The molecule has 1 aromatic rings. The molecule has 1 heterocycles. The lowest BCUT2D eigenvalue weighted by Gasteiger charge is -2.23. The fraction of sp³-hybridized carbons (Fsp3) is 0.375. The van der Waals surface area contributed by atoms with Gasteiger partial charge < -0.3 is 10.2 Å². The summed E-state index contributed by atoms with van der Waals surface area (Å²) in [5.74, 6) is 5.63. The van der Waals surface area contributed by atoms with Crippen LogP contribution in [0.2, 0.25) is 0 Å². The van der Waals surface area contributed by atoms with E-state index in [2.05, 4.69) is 17.2 Å². The van der Waals surface area contributed by atoms with Gasteiger partial charge in [0.2, 0.25) is 11.8 Å². The normalized spacial score (nSPS) is 18.9. The van der Waals surface area contributed by atoms with Gasteiger partial charge in [-0.3, -0.25) is 9.59 Å². The topological polar surface area (TPSA) is 49.4 Å². The van der Waals surface area contributed by atoms with Crippen molar-refractivity contribution in [2.24, 2.45) is 0 Å². The maximum atomic E-state index is 12.5. The number of benzene rings is 1. The molecule has 0 aromatic heterocycles. The largest absolute Gasteiger partial charge is 0.340 e. The minimum atomic E-state index is -0.583. The van der Waals surface area contributed by atoms with Gasteiger partial charge in [0.15, 0.2) is 0 Å². The van der Waals surface area contributed by atoms with Gasteiger partial charge in [-0.15, -0.1) is 11.8 Å². The van der Waals surface area contributed by atoms with Crippen LogP contribution in [0.1, 0.15) is 31.4 Å². The van der Waals surface area contributed by atoms with E-state index in [1.807, 2.05) is 30.3 Å². The fourth-order valence-corrected chi connectivity index (χ4v) is 2.23. The van der Waals surface area contributed by atoms with Crippen molar-refractivity contribution >= 4 is 11.8 Å². The van der Waals surface area contributed by atoms with E-state index in [0.29, 0.717) is 25.9 Å². The summed E-state index contributed by atoms with van der Waals surface area (Å²) in [6.45, 7) is 2.81. The predicted octanol–water partition coefficient (Wildman–Crippen LogP) is 1.49. The molecule has 1 fully saturated rings. The van der Waals surface area contributed by atoms with Crippen molar-refractivity contribution in [1.82, 2.24) is 10.2 Å². The van der Waals surface area contributed by atoms with Crippen LogP contribution in [0.25, 0.3) is 0 Å². The van der Waals surface area contributed by atoms with Gasteiger partial charge >= 0.3 is 0 Å². The zero-order chi connectivity index (χ0) is 14.4. The number of carbonyl (C=O) groups excluding carboxylic acids is 2. The van der Waals surface area contributed by atoms with Gasteiger partial charge in [0.1, 0.15) is 6.04 Å². The van der Waals surface area contributed by atoms with Crippen molar-refractivity contribution < 1.29 is 9.59 Å². The molecule has 0 saturated carbocycles. The first-order valence-corrected chi connectivity index (χ1v) is 6.75. The number of rotatable bonds is 3. The summed E-state index contributed by atoms with van der Waals surface area (Å²) in [5.41, 5.74) is 0.819. The molecule has 0 aliphatic carbocycles. The van der Waals surface area contributed by atoms with E-state index in [-0.39, 0.29) is 11.8 Å². The van der Waals surface area contributed by atoms with Gasteiger partial charge in [-0.25, -0.2) is 0 Å². The molecule has 104 valence electrons. The van der Waals surface area contributed by atoms with Crippen molar-refractivity contribution in [3.63, 3.8) is 0 Å². The average molecular weight is 270 g/mol. The van der Waals surface area contributed by atoms with E-state index in [1.165, 1.54) is 0 Å². The Balaban J connectivity index is 2.18. The van der Waals surface area contributed by atoms with Crippen LogP contribution in [0.3, 0.4) is 0 Å². The highest BCUT2D eigenvalue weighted by Gasteiger charge is 2.30. The lowest BCUT2D eigenvalue weighted by Crippen LogP contribution is -2.38. The fourth-order valence-electron chi connectivity index (χ4n) is 2.23. The van der Waals surface area contributed by atoms with Crippen molar-refractivity contribution in [2.45, 2.75) is 25.8 Å². The Morgan fingerprint density at radius 1 is 1.30 bits per heavy atom. The molecule has 20 heavy (non-hydrogen) atoms. The first-order valence-electron chi connectivity index (χ1n) is 6.75. The Morgan fingerprint density at radius 3 is 2.75 bits per heavy atom. The zero-order valence-electron chi connectivity index (χ0n) is 11.6. The summed E-state index contributed by atoms with van der Waals surface area (Å²) in [5, 5.41) is 2.80. The van der Waals surface area contributed by atoms with Crippen molar-refractivity contribution in [3.8, 4) is 11.8 Å². The van der Waals surface area contributed by atoms with Crippen LogP contribution >= 0.6 is 0 Å². The smallest absolute Gasteiger partial charge is 0.249 e. The van der Waals surface area contributed by atoms with E-state index in [0.717, 1.165) is 5.56 Å². The first kappa shape index (κ1) is 14.1. The van der Waals surface area contributed by atoms with Crippen LogP contribution in [0, 0.1) is 11.8 Å². The Morgan fingerprint density at radius 2 is 2.05 bits per heavy atom. The minimum absolute atomic E-state index is 0.0556. The van der Waals surface area contributed by atoms with Crippen molar-refractivity contribution in [3.05, 3.63) is 35.9 Å². The number of amides is 2. The molecule has 4 nitrogen and oxygen atoms in total. The lowest BCUT2D eigenvalue weighted by molar-refractivity contribution is -0.133. The van der Waals surface area contributed by atoms with Gasteiger partial charge in [0.25, 0.3) is 0 Å². The molecule has 0 spiro atoms. The second-order valence-electron chi connectivity index (χ2n) is 4.66. The monoisotopic (exact) mass is 270 g/mol.